The zero-order valence-corrected chi connectivity index (χ0v) is 11.7. The number of rotatable bonds is 1. The number of fused-ring (bicyclic) bond motifs is 1. The second kappa shape index (κ2) is 4.67. The Morgan fingerprint density at radius 1 is 0.895 bits per heavy atom. The highest BCUT2D eigenvalue weighted by Crippen LogP contribution is 2.31. The van der Waals surface area contributed by atoms with E-state index in [1.807, 2.05) is 38.1 Å². The van der Waals surface area contributed by atoms with Crippen LogP contribution in [-0.4, -0.2) is 4.98 Å². The molecule has 1 nitrogen and oxygen atoms in total. The minimum atomic E-state index is 0.806. The van der Waals surface area contributed by atoms with Crippen LogP contribution in [0.4, 0.5) is 0 Å². The fourth-order valence-electron chi connectivity index (χ4n) is 2.24. The molecular formula is C17H14ClN. The zero-order valence-electron chi connectivity index (χ0n) is 10.9. The van der Waals surface area contributed by atoms with E-state index < -0.39 is 0 Å². The van der Waals surface area contributed by atoms with E-state index in [-0.39, 0.29) is 0 Å². The van der Waals surface area contributed by atoms with Crippen LogP contribution in [0, 0.1) is 13.8 Å². The SMILES string of the molecule is Cc1nc2ccc(-c3ccccc3)cc2c(Cl)c1C. The summed E-state index contributed by atoms with van der Waals surface area (Å²) in [6.07, 6.45) is 0. The fourth-order valence-corrected chi connectivity index (χ4v) is 2.53. The van der Waals surface area contributed by atoms with Gasteiger partial charge in [-0.25, -0.2) is 0 Å². The van der Waals surface area contributed by atoms with Crippen LogP contribution in [0.2, 0.25) is 5.02 Å². The average molecular weight is 268 g/mol. The largest absolute Gasteiger partial charge is 0.253 e. The molecule has 0 bridgehead atoms. The van der Waals surface area contributed by atoms with E-state index in [9.17, 15) is 0 Å². The molecule has 0 atom stereocenters. The third kappa shape index (κ3) is 2.11. The summed E-state index contributed by atoms with van der Waals surface area (Å²) >= 11 is 6.45. The van der Waals surface area contributed by atoms with Crippen molar-refractivity contribution in [3.05, 3.63) is 64.8 Å². The minimum Gasteiger partial charge on any atom is -0.253 e. The van der Waals surface area contributed by atoms with Gasteiger partial charge in [0, 0.05) is 11.1 Å². The lowest BCUT2D eigenvalue weighted by Gasteiger charge is -2.09. The Labute approximate surface area is 117 Å². The van der Waals surface area contributed by atoms with Gasteiger partial charge < -0.3 is 0 Å². The Bertz CT molecular complexity index is 748. The first-order valence-corrected chi connectivity index (χ1v) is 6.66. The first-order chi connectivity index (χ1) is 9.16. The van der Waals surface area contributed by atoms with Crippen molar-refractivity contribution in [2.45, 2.75) is 13.8 Å². The molecule has 0 fully saturated rings. The normalized spacial score (nSPS) is 10.9. The van der Waals surface area contributed by atoms with E-state index >= 15 is 0 Å². The molecule has 94 valence electrons. The van der Waals surface area contributed by atoms with Gasteiger partial charge >= 0.3 is 0 Å². The molecule has 0 aliphatic rings. The number of aryl methyl sites for hydroxylation is 1. The van der Waals surface area contributed by atoms with Crippen molar-refractivity contribution in [2.75, 3.05) is 0 Å². The summed E-state index contributed by atoms with van der Waals surface area (Å²) < 4.78 is 0. The number of aromatic nitrogens is 1. The topological polar surface area (TPSA) is 12.9 Å². The fraction of sp³-hybridized carbons (Fsp3) is 0.118. The average Bonchev–Trinajstić information content (AvgIpc) is 2.46. The van der Waals surface area contributed by atoms with Crippen molar-refractivity contribution >= 4 is 22.5 Å². The number of pyridine rings is 1. The van der Waals surface area contributed by atoms with Gasteiger partial charge in [0.05, 0.1) is 10.5 Å². The monoisotopic (exact) mass is 267 g/mol. The van der Waals surface area contributed by atoms with Crippen molar-refractivity contribution in [1.29, 1.82) is 0 Å². The first-order valence-electron chi connectivity index (χ1n) is 6.28. The van der Waals surface area contributed by atoms with Crippen LogP contribution < -0.4 is 0 Å². The lowest BCUT2D eigenvalue weighted by Crippen LogP contribution is -1.91. The van der Waals surface area contributed by atoms with Gasteiger partial charge in [-0.15, -0.1) is 0 Å². The van der Waals surface area contributed by atoms with Gasteiger partial charge in [0.1, 0.15) is 0 Å². The van der Waals surface area contributed by atoms with Crippen LogP contribution in [0.1, 0.15) is 11.3 Å². The maximum absolute atomic E-state index is 6.45. The van der Waals surface area contributed by atoms with E-state index in [1.54, 1.807) is 0 Å². The molecule has 1 aromatic heterocycles. The highest BCUT2D eigenvalue weighted by molar-refractivity contribution is 6.36. The molecule has 0 N–H and O–H groups in total. The summed E-state index contributed by atoms with van der Waals surface area (Å²) in [6, 6.07) is 16.6. The van der Waals surface area contributed by atoms with E-state index in [2.05, 4.69) is 29.2 Å². The molecule has 0 unspecified atom stereocenters. The predicted molar refractivity (Wildman–Crippen MR) is 81.7 cm³/mol. The minimum absolute atomic E-state index is 0.806. The number of hydrogen-bond donors (Lipinski definition) is 0. The molecule has 2 aromatic carbocycles. The summed E-state index contributed by atoms with van der Waals surface area (Å²) in [6.45, 7) is 4.01. The molecule has 0 aliphatic carbocycles. The Balaban J connectivity index is 2.27. The lowest BCUT2D eigenvalue weighted by molar-refractivity contribution is 1.20. The quantitative estimate of drug-likeness (QED) is 0.593. The van der Waals surface area contributed by atoms with Crippen LogP contribution >= 0.6 is 11.6 Å². The van der Waals surface area contributed by atoms with Crippen molar-refractivity contribution < 1.29 is 0 Å². The summed E-state index contributed by atoms with van der Waals surface area (Å²) in [5.74, 6) is 0. The zero-order chi connectivity index (χ0) is 13.4. The summed E-state index contributed by atoms with van der Waals surface area (Å²) in [4.78, 5) is 4.59. The molecule has 0 aliphatic heterocycles. The van der Waals surface area contributed by atoms with Crippen LogP contribution in [0.15, 0.2) is 48.5 Å². The molecule has 1 heterocycles. The van der Waals surface area contributed by atoms with Crippen molar-refractivity contribution in [3.63, 3.8) is 0 Å². The Morgan fingerprint density at radius 2 is 1.63 bits per heavy atom. The van der Waals surface area contributed by atoms with E-state index in [1.165, 1.54) is 11.1 Å². The highest BCUT2D eigenvalue weighted by Gasteiger charge is 2.08. The molecule has 3 rings (SSSR count). The summed E-state index contributed by atoms with van der Waals surface area (Å²) in [5.41, 5.74) is 5.36. The second-order valence-electron chi connectivity index (χ2n) is 4.73. The van der Waals surface area contributed by atoms with Gasteiger partial charge in [0.15, 0.2) is 0 Å². The van der Waals surface area contributed by atoms with Crippen LogP contribution in [-0.2, 0) is 0 Å². The molecule has 0 saturated heterocycles. The van der Waals surface area contributed by atoms with E-state index in [0.717, 1.165) is 27.2 Å². The van der Waals surface area contributed by atoms with Gasteiger partial charge in [0.2, 0.25) is 0 Å². The smallest absolute Gasteiger partial charge is 0.0720 e. The van der Waals surface area contributed by atoms with Gasteiger partial charge in [-0.2, -0.15) is 0 Å². The van der Waals surface area contributed by atoms with Gasteiger partial charge in [0.25, 0.3) is 0 Å². The lowest BCUT2D eigenvalue weighted by atomic mass is 10.0. The van der Waals surface area contributed by atoms with Gasteiger partial charge in [-0.1, -0.05) is 48.0 Å². The van der Waals surface area contributed by atoms with Crippen LogP contribution in [0.3, 0.4) is 0 Å². The summed E-state index contributed by atoms with van der Waals surface area (Å²) in [5, 5.41) is 1.83. The maximum Gasteiger partial charge on any atom is 0.0720 e. The molecule has 19 heavy (non-hydrogen) atoms. The number of hydrogen-bond acceptors (Lipinski definition) is 1. The third-order valence-electron chi connectivity index (χ3n) is 3.50. The molecule has 0 radical (unpaired) electrons. The predicted octanol–water partition coefficient (Wildman–Crippen LogP) is 5.17. The standard InChI is InChI=1S/C17H14ClN/c1-11-12(2)19-16-9-8-14(10-15(16)17(11)18)13-6-4-3-5-7-13/h3-10H,1-2H3. The second-order valence-corrected chi connectivity index (χ2v) is 5.11. The molecule has 2 heteroatoms. The van der Waals surface area contributed by atoms with Crippen LogP contribution in [0.5, 0.6) is 0 Å². The molecular weight excluding hydrogens is 254 g/mol. The molecule has 0 spiro atoms. The number of halogens is 1. The molecule has 0 saturated carbocycles. The van der Waals surface area contributed by atoms with E-state index in [0.29, 0.717) is 0 Å². The van der Waals surface area contributed by atoms with Gasteiger partial charge in [-0.3, -0.25) is 4.98 Å². The first kappa shape index (κ1) is 12.2. The van der Waals surface area contributed by atoms with E-state index in [4.69, 9.17) is 11.6 Å². The Morgan fingerprint density at radius 3 is 2.37 bits per heavy atom. The Hall–Kier alpha value is -1.86. The van der Waals surface area contributed by atoms with Crippen molar-refractivity contribution in [3.8, 4) is 11.1 Å². The molecule has 3 aromatic rings. The van der Waals surface area contributed by atoms with Crippen LogP contribution in [0.25, 0.3) is 22.0 Å². The Kier molecular flexibility index (Phi) is 3.00. The summed E-state index contributed by atoms with van der Waals surface area (Å²) in [7, 11) is 0. The number of nitrogens with zero attached hydrogens (tertiary/aromatic N) is 1. The maximum atomic E-state index is 6.45. The van der Waals surface area contributed by atoms with Crippen molar-refractivity contribution in [1.82, 2.24) is 4.98 Å². The van der Waals surface area contributed by atoms with Gasteiger partial charge in [-0.05, 0) is 42.7 Å². The number of benzene rings is 2. The van der Waals surface area contributed by atoms with Crippen molar-refractivity contribution in [2.24, 2.45) is 0 Å². The third-order valence-corrected chi connectivity index (χ3v) is 3.99. The molecule has 0 amide bonds. The highest BCUT2D eigenvalue weighted by atomic mass is 35.5.